The molecule has 20 heavy (non-hydrogen) atoms. The van der Waals surface area contributed by atoms with Crippen molar-refractivity contribution in [2.45, 2.75) is 39.2 Å². The normalized spacial score (nSPS) is 12.2. The summed E-state index contributed by atoms with van der Waals surface area (Å²) in [5.74, 6) is 1.68. The Hall–Kier alpha value is -2.18. The highest BCUT2D eigenvalue weighted by Crippen LogP contribution is 2.12. The lowest BCUT2D eigenvalue weighted by atomic mass is 10.1. The first kappa shape index (κ1) is 14.2. The van der Waals surface area contributed by atoms with Crippen LogP contribution < -0.4 is 10.6 Å². The molecule has 108 valence electrons. The zero-order chi connectivity index (χ0) is 14.4. The number of rotatable bonds is 7. The second-order valence-corrected chi connectivity index (χ2v) is 4.54. The number of imidazole rings is 1. The number of anilines is 2. The predicted octanol–water partition coefficient (Wildman–Crippen LogP) is 2.09. The van der Waals surface area contributed by atoms with E-state index in [2.05, 4.69) is 44.4 Å². The minimum Gasteiger partial charge on any atom is -0.357 e. The van der Waals surface area contributed by atoms with Gasteiger partial charge in [0, 0.05) is 25.5 Å². The van der Waals surface area contributed by atoms with Crippen LogP contribution in [0.2, 0.25) is 0 Å². The molecule has 0 saturated carbocycles. The van der Waals surface area contributed by atoms with Crippen LogP contribution in [0.4, 0.5) is 11.9 Å². The topological polar surface area (TPSA) is 80.5 Å². The van der Waals surface area contributed by atoms with Gasteiger partial charge >= 0.3 is 0 Å². The largest absolute Gasteiger partial charge is 0.357 e. The Morgan fingerprint density at radius 3 is 2.60 bits per heavy atom. The third-order valence-corrected chi connectivity index (χ3v) is 3.05. The van der Waals surface area contributed by atoms with Crippen molar-refractivity contribution in [2.75, 3.05) is 17.7 Å². The maximum absolute atomic E-state index is 4.44. The summed E-state index contributed by atoms with van der Waals surface area (Å²) in [5.41, 5.74) is 0. The molecule has 0 aromatic carbocycles. The van der Waals surface area contributed by atoms with Crippen molar-refractivity contribution in [2.24, 2.45) is 0 Å². The SMILES string of the molecule is CCCC(CC)Nc1nc(NC)nc(-n2ccnc2)n1. The maximum Gasteiger partial charge on any atom is 0.241 e. The van der Waals surface area contributed by atoms with Crippen LogP contribution in [0.5, 0.6) is 0 Å². The van der Waals surface area contributed by atoms with Crippen LogP contribution in [0.1, 0.15) is 33.1 Å². The third kappa shape index (κ3) is 3.43. The van der Waals surface area contributed by atoms with Crippen LogP contribution in [0, 0.1) is 0 Å². The summed E-state index contributed by atoms with van der Waals surface area (Å²) in [7, 11) is 1.79. The van der Waals surface area contributed by atoms with Crippen LogP contribution in [0.25, 0.3) is 5.95 Å². The van der Waals surface area contributed by atoms with Crippen molar-refractivity contribution in [3.63, 3.8) is 0 Å². The van der Waals surface area contributed by atoms with E-state index in [0.717, 1.165) is 19.3 Å². The molecule has 2 heterocycles. The highest BCUT2D eigenvalue weighted by Gasteiger charge is 2.11. The van der Waals surface area contributed by atoms with E-state index in [4.69, 9.17) is 0 Å². The van der Waals surface area contributed by atoms with E-state index >= 15 is 0 Å². The molecule has 0 aliphatic heterocycles. The molecule has 0 aliphatic carbocycles. The summed E-state index contributed by atoms with van der Waals surface area (Å²) in [5, 5.41) is 6.33. The molecule has 1 unspecified atom stereocenters. The Morgan fingerprint density at radius 1 is 1.20 bits per heavy atom. The maximum atomic E-state index is 4.44. The average molecular weight is 275 g/mol. The van der Waals surface area contributed by atoms with E-state index in [-0.39, 0.29) is 0 Å². The molecule has 0 saturated heterocycles. The summed E-state index contributed by atoms with van der Waals surface area (Å²) in [6.07, 6.45) is 8.43. The van der Waals surface area contributed by atoms with Gasteiger partial charge in [-0.2, -0.15) is 15.0 Å². The van der Waals surface area contributed by atoms with Crippen molar-refractivity contribution in [1.29, 1.82) is 0 Å². The molecule has 7 heteroatoms. The van der Waals surface area contributed by atoms with Gasteiger partial charge in [0.25, 0.3) is 0 Å². The van der Waals surface area contributed by atoms with Crippen molar-refractivity contribution in [1.82, 2.24) is 24.5 Å². The van der Waals surface area contributed by atoms with E-state index in [1.807, 2.05) is 6.20 Å². The first-order valence-electron chi connectivity index (χ1n) is 6.95. The second kappa shape index (κ2) is 6.83. The first-order chi connectivity index (χ1) is 9.76. The van der Waals surface area contributed by atoms with Crippen LogP contribution in [0.15, 0.2) is 18.7 Å². The lowest BCUT2D eigenvalue weighted by molar-refractivity contribution is 0.616. The third-order valence-electron chi connectivity index (χ3n) is 3.05. The van der Waals surface area contributed by atoms with Gasteiger partial charge in [0.15, 0.2) is 0 Å². The molecule has 2 aromatic rings. The van der Waals surface area contributed by atoms with E-state index in [9.17, 15) is 0 Å². The molecule has 2 N–H and O–H groups in total. The zero-order valence-electron chi connectivity index (χ0n) is 12.2. The Morgan fingerprint density at radius 2 is 2.00 bits per heavy atom. The van der Waals surface area contributed by atoms with Gasteiger partial charge in [-0.05, 0) is 12.8 Å². The summed E-state index contributed by atoms with van der Waals surface area (Å²) >= 11 is 0. The second-order valence-electron chi connectivity index (χ2n) is 4.54. The zero-order valence-corrected chi connectivity index (χ0v) is 12.2. The van der Waals surface area contributed by atoms with Crippen molar-refractivity contribution < 1.29 is 0 Å². The van der Waals surface area contributed by atoms with Gasteiger partial charge < -0.3 is 10.6 Å². The molecular formula is C13H21N7. The molecule has 2 aromatic heterocycles. The standard InChI is InChI=1S/C13H21N7/c1-4-6-10(5-2)16-12-17-11(14-3)18-13(19-12)20-8-7-15-9-20/h7-10H,4-6H2,1-3H3,(H2,14,16,17,18,19). The predicted molar refractivity (Wildman–Crippen MR) is 79.1 cm³/mol. The van der Waals surface area contributed by atoms with Crippen LogP contribution in [0.3, 0.4) is 0 Å². The molecule has 7 nitrogen and oxygen atoms in total. The molecule has 0 radical (unpaired) electrons. The van der Waals surface area contributed by atoms with Gasteiger partial charge in [-0.25, -0.2) is 4.98 Å². The molecule has 2 rings (SSSR count). The Labute approximate surface area is 118 Å². The summed E-state index contributed by atoms with van der Waals surface area (Å²) in [6, 6.07) is 0.378. The first-order valence-corrected chi connectivity index (χ1v) is 6.95. The molecule has 0 bridgehead atoms. The van der Waals surface area contributed by atoms with E-state index in [1.165, 1.54) is 0 Å². The fourth-order valence-corrected chi connectivity index (χ4v) is 1.94. The molecule has 0 aliphatic rings. The molecule has 1 atom stereocenters. The molecule has 0 spiro atoms. The molecule has 0 fully saturated rings. The Kier molecular flexibility index (Phi) is 4.86. The summed E-state index contributed by atoms with van der Waals surface area (Å²) < 4.78 is 1.76. The van der Waals surface area contributed by atoms with Gasteiger partial charge in [-0.3, -0.25) is 4.57 Å². The van der Waals surface area contributed by atoms with Gasteiger partial charge in [-0.1, -0.05) is 20.3 Å². The van der Waals surface area contributed by atoms with Crippen molar-refractivity contribution in [3.8, 4) is 5.95 Å². The summed E-state index contributed by atoms with van der Waals surface area (Å²) in [6.45, 7) is 4.33. The van der Waals surface area contributed by atoms with Gasteiger partial charge in [0.2, 0.25) is 17.8 Å². The average Bonchev–Trinajstić information content (AvgIpc) is 3.00. The van der Waals surface area contributed by atoms with Crippen LogP contribution in [-0.2, 0) is 0 Å². The quantitative estimate of drug-likeness (QED) is 0.805. The minimum atomic E-state index is 0.378. The Bertz CT molecular complexity index is 524. The lowest BCUT2D eigenvalue weighted by Gasteiger charge is -2.16. The smallest absolute Gasteiger partial charge is 0.241 e. The number of hydrogen-bond donors (Lipinski definition) is 2. The summed E-state index contributed by atoms with van der Waals surface area (Å²) in [4.78, 5) is 17.1. The number of aromatic nitrogens is 5. The fourth-order valence-electron chi connectivity index (χ4n) is 1.94. The van der Waals surface area contributed by atoms with E-state index in [0.29, 0.717) is 23.9 Å². The molecule has 0 amide bonds. The lowest BCUT2D eigenvalue weighted by Crippen LogP contribution is -2.21. The van der Waals surface area contributed by atoms with Gasteiger partial charge in [-0.15, -0.1) is 0 Å². The monoisotopic (exact) mass is 275 g/mol. The van der Waals surface area contributed by atoms with E-state index in [1.54, 1.807) is 24.1 Å². The van der Waals surface area contributed by atoms with Crippen LogP contribution in [-0.4, -0.2) is 37.6 Å². The molecular weight excluding hydrogens is 254 g/mol. The highest BCUT2D eigenvalue weighted by molar-refractivity contribution is 5.38. The van der Waals surface area contributed by atoms with Crippen molar-refractivity contribution >= 4 is 11.9 Å². The van der Waals surface area contributed by atoms with Gasteiger partial charge in [0.05, 0.1) is 0 Å². The highest BCUT2D eigenvalue weighted by atomic mass is 15.3. The number of nitrogens with one attached hydrogen (secondary N) is 2. The van der Waals surface area contributed by atoms with Gasteiger partial charge in [0.1, 0.15) is 6.33 Å². The number of hydrogen-bond acceptors (Lipinski definition) is 6. The number of nitrogens with zero attached hydrogens (tertiary/aromatic N) is 5. The Balaban J connectivity index is 2.26. The fraction of sp³-hybridized carbons (Fsp3) is 0.538. The minimum absolute atomic E-state index is 0.378. The van der Waals surface area contributed by atoms with Crippen molar-refractivity contribution in [3.05, 3.63) is 18.7 Å². The van der Waals surface area contributed by atoms with Crippen LogP contribution >= 0.6 is 0 Å². The van der Waals surface area contributed by atoms with E-state index < -0.39 is 0 Å².